The molecule has 0 saturated heterocycles. The van der Waals surface area contributed by atoms with Gasteiger partial charge in [-0.05, 0) is 18.2 Å². The molecule has 2 aromatic heterocycles. The Kier molecular flexibility index (Phi) is 3.47. The number of halogens is 1. The molecular weight excluding hydrogens is 296 g/mol. The van der Waals surface area contributed by atoms with Gasteiger partial charge in [0.25, 0.3) is 10.0 Å². The smallest absolute Gasteiger partial charge is 0.271 e. The van der Waals surface area contributed by atoms with Crippen molar-refractivity contribution in [2.24, 2.45) is 7.05 Å². The van der Waals surface area contributed by atoms with Crippen LogP contribution in [0.15, 0.2) is 39.5 Å². The van der Waals surface area contributed by atoms with Crippen LogP contribution in [0.3, 0.4) is 0 Å². The minimum absolute atomic E-state index is 0.126. The quantitative estimate of drug-likeness (QED) is 0.941. The van der Waals surface area contributed by atoms with Crippen molar-refractivity contribution in [2.45, 2.75) is 4.21 Å². The summed E-state index contributed by atoms with van der Waals surface area (Å²) < 4.78 is 28.1. The van der Waals surface area contributed by atoms with Crippen LogP contribution in [0.1, 0.15) is 0 Å². The molecule has 0 saturated carbocycles. The number of aryl methyl sites for hydroxylation is 1. The molecule has 0 aromatic carbocycles. The number of anilines is 1. The first-order valence-corrected chi connectivity index (χ1v) is 7.51. The van der Waals surface area contributed by atoms with Gasteiger partial charge in [0.05, 0.1) is 10.0 Å². The Bertz CT molecular complexity index is 734. The van der Waals surface area contributed by atoms with Gasteiger partial charge in [0.2, 0.25) is 5.56 Å². The largest absolute Gasteiger partial charge is 0.316 e. The molecule has 0 fully saturated rings. The van der Waals surface area contributed by atoms with Crippen molar-refractivity contribution in [3.63, 3.8) is 0 Å². The summed E-state index contributed by atoms with van der Waals surface area (Å²) in [6, 6.07) is 5.65. The van der Waals surface area contributed by atoms with Gasteiger partial charge in [-0.25, -0.2) is 8.42 Å². The molecule has 0 aliphatic heterocycles. The standard InChI is InChI=1S/C10H9ClN2O3S2/c1-13-6-7(2-4-9(13)14)12-18(15,16)10-5-3-8(11)17-10/h2-6,12H,1H3. The number of nitrogens with zero attached hydrogens (tertiary/aromatic N) is 1. The number of pyridine rings is 1. The number of sulfonamides is 1. The highest BCUT2D eigenvalue weighted by Crippen LogP contribution is 2.26. The lowest BCUT2D eigenvalue weighted by atomic mass is 10.4. The summed E-state index contributed by atoms with van der Waals surface area (Å²) in [5.41, 5.74) is 0.110. The second kappa shape index (κ2) is 4.75. The maximum Gasteiger partial charge on any atom is 0.271 e. The van der Waals surface area contributed by atoms with Gasteiger partial charge >= 0.3 is 0 Å². The Morgan fingerprint density at radius 2 is 2.00 bits per heavy atom. The monoisotopic (exact) mass is 304 g/mol. The van der Waals surface area contributed by atoms with E-state index in [1.54, 1.807) is 7.05 Å². The first kappa shape index (κ1) is 13.1. The van der Waals surface area contributed by atoms with Crippen molar-refractivity contribution in [1.82, 2.24) is 4.57 Å². The van der Waals surface area contributed by atoms with Crippen molar-refractivity contribution >= 4 is 38.6 Å². The second-order valence-electron chi connectivity index (χ2n) is 3.53. The summed E-state index contributed by atoms with van der Waals surface area (Å²) in [5, 5.41) is 0. The third kappa shape index (κ3) is 2.74. The number of nitrogens with one attached hydrogen (secondary N) is 1. The molecule has 96 valence electrons. The predicted molar refractivity (Wildman–Crippen MR) is 71.8 cm³/mol. The van der Waals surface area contributed by atoms with Crippen LogP contribution in [-0.4, -0.2) is 13.0 Å². The third-order valence-corrected chi connectivity index (χ3v) is 5.26. The number of rotatable bonds is 3. The van der Waals surface area contributed by atoms with E-state index in [4.69, 9.17) is 11.6 Å². The number of aromatic nitrogens is 1. The molecule has 8 heteroatoms. The Morgan fingerprint density at radius 1 is 1.28 bits per heavy atom. The molecule has 0 radical (unpaired) electrons. The lowest BCUT2D eigenvalue weighted by Crippen LogP contribution is -2.17. The van der Waals surface area contributed by atoms with Gasteiger partial charge in [0.15, 0.2) is 0 Å². The van der Waals surface area contributed by atoms with E-state index in [-0.39, 0.29) is 9.77 Å². The normalized spacial score (nSPS) is 11.4. The average molecular weight is 305 g/mol. The van der Waals surface area contributed by atoms with Crippen molar-refractivity contribution in [2.75, 3.05) is 4.72 Å². The molecule has 0 atom stereocenters. The van der Waals surface area contributed by atoms with Crippen LogP contribution in [0, 0.1) is 0 Å². The zero-order valence-corrected chi connectivity index (χ0v) is 11.6. The summed E-state index contributed by atoms with van der Waals surface area (Å²) in [6.45, 7) is 0. The molecule has 0 aliphatic rings. The summed E-state index contributed by atoms with van der Waals surface area (Å²) in [5.74, 6) is 0. The fourth-order valence-corrected chi connectivity index (χ4v) is 3.83. The first-order chi connectivity index (χ1) is 8.38. The zero-order chi connectivity index (χ0) is 13.3. The van der Waals surface area contributed by atoms with Crippen molar-refractivity contribution in [1.29, 1.82) is 0 Å². The Hall–Kier alpha value is -1.31. The van der Waals surface area contributed by atoms with E-state index in [1.165, 1.54) is 35.0 Å². The highest BCUT2D eigenvalue weighted by Gasteiger charge is 2.16. The molecule has 1 N–H and O–H groups in total. The Morgan fingerprint density at radius 3 is 2.56 bits per heavy atom. The first-order valence-electron chi connectivity index (χ1n) is 4.83. The lowest BCUT2D eigenvalue weighted by Gasteiger charge is -2.07. The maximum atomic E-state index is 12.0. The molecule has 0 aliphatic carbocycles. The molecule has 2 heterocycles. The number of hydrogen-bond acceptors (Lipinski definition) is 4. The van der Waals surface area contributed by atoms with Crippen molar-refractivity contribution < 1.29 is 8.42 Å². The predicted octanol–water partition coefficient (Wildman–Crippen LogP) is 1.90. The van der Waals surface area contributed by atoms with Gasteiger partial charge < -0.3 is 4.57 Å². The van der Waals surface area contributed by atoms with Crippen LogP contribution in [0.2, 0.25) is 4.34 Å². The zero-order valence-electron chi connectivity index (χ0n) is 9.25. The summed E-state index contributed by atoms with van der Waals surface area (Å²) in [6.07, 6.45) is 1.41. The van der Waals surface area contributed by atoms with Crippen LogP contribution in [0.4, 0.5) is 5.69 Å². The maximum absolute atomic E-state index is 12.0. The molecule has 0 bridgehead atoms. The molecule has 18 heavy (non-hydrogen) atoms. The van der Waals surface area contributed by atoms with Gasteiger partial charge in [0.1, 0.15) is 4.21 Å². The van der Waals surface area contributed by atoms with E-state index in [1.807, 2.05) is 0 Å². The van der Waals surface area contributed by atoms with Crippen LogP contribution in [0.5, 0.6) is 0 Å². The van der Waals surface area contributed by atoms with Crippen molar-refractivity contribution in [3.8, 4) is 0 Å². The van der Waals surface area contributed by atoms with E-state index in [2.05, 4.69) is 4.72 Å². The topological polar surface area (TPSA) is 68.2 Å². The minimum Gasteiger partial charge on any atom is -0.316 e. The molecule has 2 rings (SSSR count). The summed E-state index contributed by atoms with van der Waals surface area (Å²) >= 11 is 6.66. The summed E-state index contributed by atoms with van der Waals surface area (Å²) in [7, 11) is -2.11. The fraction of sp³-hybridized carbons (Fsp3) is 0.100. The van der Waals surface area contributed by atoms with Gasteiger partial charge in [-0.3, -0.25) is 9.52 Å². The van der Waals surface area contributed by atoms with Crippen LogP contribution in [0.25, 0.3) is 0 Å². The van der Waals surface area contributed by atoms with E-state index in [9.17, 15) is 13.2 Å². The van der Waals surface area contributed by atoms with E-state index in [0.717, 1.165) is 11.3 Å². The lowest BCUT2D eigenvalue weighted by molar-refractivity contribution is 0.603. The Labute approximate surface area is 113 Å². The van der Waals surface area contributed by atoms with Gasteiger partial charge in [-0.15, -0.1) is 11.3 Å². The van der Waals surface area contributed by atoms with E-state index >= 15 is 0 Å². The van der Waals surface area contributed by atoms with Gasteiger partial charge in [0, 0.05) is 19.3 Å². The molecule has 2 aromatic rings. The molecule has 0 amide bonds. The number of hydrogen-bond donors (Lipinski definition) is 1. The molecular formula is C10H9ClN2O3S2. The van der Waals surface area contributed by atoms with Crippen LogP contribution >= 0.6 is 22.9 Å². The second-order valence-corrected chi connectivity index (χ2v) is 7.16. The Balaban J connectivity index is 2.33. The molecule has 5 nitrogen and oxygen atoms in total. The van der Waals surface area contributed by atoms with Crippen LogP contribution in [-0.2, 0) is 17.1 Å². The van der Waals surface area contributed by atoms with Crippen LogP contribution < -0.4 is 10.3 Å². The van der Waals surface area contributed by atoms with E-state index in [0.29, 0.717) is 10.0 Å². The third-order valence-electron chi connectivity index (χ3n) is 2.15. The van der Waals surface area contributed by atoms with E-state index < -0.39 is 10.0 Å². The SMILES string of the molecule is Cn1cc(NS(=O)(=O)c2ccc(Cl)s2)ccc1=O. The van der Waals surface area contributed by atoms with Gasteiger partial charge in [-0.1, -0.05) is 11.6 Å². The highest BCUT2D eigenvalue weighted by atomic mass is 35.5. The fourth-order valence-electron chi connectivity index (χ4n) is 1.30. The number of thiophene rings is 1. The molecule has 0 unspecified atom stereocenters. The minimum atomic E-state index is -3.65. The highest BCUT2D eigenvalue weighted by molar-refractivity contribution is 7.94. The van der Waals surface area contributed by atoms with Gasteiger partial charge in [-0.2, -0.15) is 0 Å². The summed E-state index contributed by atoms with van der Waals surface area (Å²) in [4.78, 5) is 11.2. The molecule has 0 spiro atoms. The van der Waals surface area contributed by atoms with Crippen molar-refractivity contribution in [3.05, 3.63) is 45.2 Å². The average Bonchev–Trinajstić information content (AvgIpc) is 2.71.